The number of allylic oxidation sites excluding steroid dienone is 3. The topological polar surface area (TPSA) is 3.24 Å². The molecular weight excluding hydrogens is 573 g/mol. The molecule has 186 valence electrons. The molecule has 1 aliphatic carbocycles. The third-order valence-electron chi connectivity index (χ3n) is 5.84. The number of likely N-dealkylation sites (N-methyl/N-ethyl adjacent to an activating group) is 1. The van der Waals surface area contributed by atoms with E-state index in [1.807, 2.05) is 20.2 Å². The van der Waals surface area contributed by atoms with E-state index in [0.29, 0.717) is 0 Å². The van der Waals surface area contributed by atoms with Crippen molar-refractivity contribution < 1.29 is 49.0 Å². The molecule has 0 N–H and O–H groups in total. The summed E-state index contributed by atoms with van der Waals surface area (Å²) in [4.78, 5) is 2.08. The molecule has 5 aromatic rings. The molecule has 1 aliphatic rings. The molecule has 0 aliphatic heterocycles. The maximum Gasteiger partial charge on any atom is -0.0771 e. The maximum absolute atomic E-state index is 3.09. The molecule has 0 fully saturated rings. The van der Waals surface area contributed by atoms with Gasteiger partial charge >= 0.3 is 99.2 Å². The molecule has 0 unspecified atom stereocenters. The average molecular weight is 602 g/mol. The van der Waals surface area contributed by atoms with Gasteiger partial charge in [0.2, 0.25) is 0 Å². The van der Waals surface area contributed by atoms with Crippen LogP contribution < -0.4 is 24.8 Å². The molecule has 0 heterocycles. The Kier molecular flexibility index (Phi) is 12.9. The van der Waals surface area contributed by atoms with Crippen molar-refractivity contribution >= 4 is 24.8 Å². The van der Waals surface area contributed by atoms with Gasteiger partial charge in [-0.05, 0) is 14.1 Å². The summed E-state index contributed by atoms with van der Waals surface area (Å²) in [5.41, 5.74) is 3.93. The van der Waals surface area contributed by atoms with E-state index in [4.69, 9.17) is 0 Å². The van der Waals surface area contributed by atoms with Crippen LogP contribution in [0.3, 0.4) is 0 Å². The third kappa shape index (κ3) is 8.44. The minimum atomic E-state index is 0. The second-order valence-electron chi connectivity index (χ2n) is 8.50. The van der Waals surface area contributed by atoms with E-state index in [0.717, 1.165) is 6.42 Å². The van der Waals surface area contributed by atoms with Crippen LogP contribution in [-0.4, -0.2) is 22.2 Å². The number of fused-ring (bicyclic) bond motifs is 3. The van der Waals surface area contributed by atoms with Crippen LogP contribution in [0.2, 0.25) is 0 Å². The summed E-state index contributed by atoms with van der Waals surface area (Å²) < 4.78 is 1.42. The van der Waals surface area contributed by atoms with Crippen molar-refractivity contribution in [3.63, 3.8) is 0 Å². The van der Waals surface area contributed by atoms with Crippen molar-refractivity contribution in [2.75, 3.05) is 14.1 Å². The number of rotatable bonds is 3. The van der Waals surface area contributed by atoms with Gasteiger partial charge in [-0.2, -0.15) is 6.08 Å². The zero-order chi connectivity index (χ0) is 24.5. The van der Waals surface area contributed by atoms with Crippen LogP contribution >= 0.6 is 0 Å². The first-order chi connectivity index (χ1) is 17.1. The van der Waals surface area contributed by atoms with Gasteiger partial charge in [-0.3, -0.25) is 6.08 Å². The van der Waals surface area contributed by atoms with Gasteiger partial charge in [0, 0.05) is 0 Å². The summed E-state index contributed by atoms with van der Waals surface area (Å²) in [6.07, 6.45) is 8.24. The molecule has 0 saturated heterocycles. The van der Waals surface area contributed by atoms with Crippen molar-refractivity contribution in [1.82, 2.24) is 4.90 Å². The molecule has 0 spiro atoms. The predicted molar refractivity (Wildman–Crippen MR) is 147 cm³/mol. The molecule has 0 amide bonds. The van der Waals surface area contributed by atoms with E-state index in [2.05, 4.69) is 132 Å². The van der Waals surface area contributed by atoms with Gasteiger partial charge < -0.3 is 29.7 Å². The summed E-state index contributed by atoms with van der Waals surface area (Å²) in [7, 11) is 4.07. The van der Waals surface area contributed by atoms with Gasteiger partial charge in [0.15, 0.2) is 0 Å². The Morgan fingerprint density at radius 1 is 0.676 bits per heavy atom. The molecule has 0 atom stereocenters. The van der Waals surface area contributed by atoms with Crippen LogP contribution in [0.4, 0.5) is 0 Å². The summed E-state index contributed by atoms with van der Waals surface area (Å²) in [6.45, 7) is 0. The van der Waals surface area contributed by atoms with E-state index in [9.17, 15) is 0 Å². The zero-order valence-corrected chi connectivity index (χ0v) is 25.0. The first kappa shape index (κ1) is 30.6. The average Bonchev–Trinajstić information content (AvgIpc) is 3.59. The Bertz CT molecular complexity index is 1360. The van der Waals surface area contributed by atoms with Gasteiger partial charge in [0.25, 0.3) is 0 Å². The molecule has 0 saturated carbocycles. The van der Waals surface area contributed by atoms with E-state index in [-0.39, 0.29) is 24.8 Å². The quantitative estimate of drug-likeness (QED) is 0.285. The van der Waals surface area contributed by atoms with Crippen molar-refractivity contribution in [2.24, 2.45) is 0 Å². The number of halogens is 2. The zero-order valence-electron chi connectivity index (χ0n) is 21.0. The summed E-state index contributed by atoms with van der Waals surface area (Å²) in [5, 5.41) is 5.39. The molecule has 6 rings (SSSR count). The Hall–Kier alpha value is -2.64. The van der Waals surface area contributed by atoms with E-state index in [1.165, 1.54) is 65.8 Å². The fraction of sp³-hybridized carbons (Fsp3) is 0.0909. The molecule has 4 heteroatoms. The van der Waals surface area contributed by atoms with Gasteiger partial charge in [0.1, 0.15) is 0 Å². The van der Waals surface area contributed by atoms with Gasteiger partial charge in [-0.25, -0.2) is 6.08 Å². The minimum absolute atomic E-state index is 0. The van der Waals surface area contributed by atoms with Crippen molar-refractivity contribution in [2.45, 2.75) is 6.42 Å². The Labute approximate surface area is 248 Å². The fourth-order valence-electron chi connectivity index (χ4n) is 3.98. The number of hydrogen-bond donors (Lipinski definition) is 0. The Morgan fingerprint density at radius 2 is 1.11 bits per heavy atom. The molecule has 0 bridgehead atoms. The standard InChI is InChI=1S/C13H9.C13H10.C7H10N.2ClH.Zr/c1-3-7-12-10(5-1)9-11-6-2-4-8-13(11)12;1-3-7-12(8-4-1)11-13-9-5-2-6-10-13;1-8(2)7-5-3-4-6-7;;;/h1-9H;1-10H;5-6H,3H2,1-2H3;2*1H;/q-1;;-1;;;+2/p-2. The van der Waals surface area contributed by atoms with Gasteiger partial charge in [-0.15, -0.1) is 51.9 Å². The molecule has 5 aromatic carbocycles. The van der Waals surface area contributed by atoms with Crippen molar-refractivity contribution in [1.29, 1.82) is 0 Å². The fourth-order valence-corrected chi connectivity index (χ4v) is 4.80. The van der Waals surface area contributed by atoms with Crippen LogP contribution in [-0.2, 0) is 24.2 Å². The van der Waals surface area contributed by atoms with Crippen LogP contribution in [0.25, 0.3) is 21.5 Å². The number of nitrogens with zero attached hydrogens (tertiary/aromatic N) is 1. The normalized spacial score (nSPS) is 11.2. The molecular formula is C33H29Cl2NZr-2. The van der Waals surface area contributed by atoms with E-state index < -0.39 is 0 Å². The van der Waals surface area contributed by atoms with E-state index in [1.54, 1.807) is 0 Å². The van der Waals surface area contributed by atoms with E-state index >= 15 is 0 Å². The second-order valence-corrected chi connectivity index (χ2v) is 9.73. The summed E-state index contributed by atoms with van der Waals surface area (Å²) in [5.74, 6) is 0. The number of hydrogen-bond acceptors (Lipinski definition) is 1. The molecule has 0 radical (unpaired) electrons. The molecule has 1 nitrogen and oxygen atoms in total. The van der Waals surface area contributed by atoms with Crippen LogP contribution in [0.15, 0.2) is 133 Å². The SMILES string of the molecule is CN(C)C1=CC[C-]=C1.[Cl-].[Cl-].[Zr+2]=[C](c1ccccc1)c1ccccc1.c1ccc2c(c1)[cH-]c1ccccc12. The maximum atomic E-state index is 3.09. The van der Waals surface area contributed by atoms with Gasteiger partial charge in [-0.1, -0.05) is 36.4 Å². The summed E-state index contributed by atoms with van der Waals surface area (Å²) >= 11 is 1.46. The largest absolute Gasteiger partial charge is 0.126 e. The van der Waals surface area contributed by atoms with Crippen LogP contribution in [0.1, 0.15) is 17.5 Å². The molecule has 0 aromatic heterocycles. The van der Waals surface area contributed by atoms with Crippen molar-refractivity contribution in [3.05, 3.63) is 150 Å². The predicted octanol–water partition coefficient (Wildman–Crippen LogP) is 1.72. The number of benzene rings is 4. The summed E-state index contributed by atoms with van der Waals surface area (Å²) in [6, 6.07) is 40.4. The first-order valence-corrected chi connectivity index (χ1v) is 13.0. The Balaban J connectivity index is 0.000000197. The Morgan fingerprint density at radius 3 is 1.49 bits per heavy atom. The van der Waals surface area contributed by atoms with Crippen molar-refractivity contribution in [3.8, 4) is 0 Å². The van der Waals surface area contributed by atoms with Crippen LogP contribution in [0.5, 0.6) is 0 Å². The second kappa shape index (κ2) is 15.6. The van der Waals surface area contributed by atoms with Gasteiger partial charge in [0.05, 0.1) is 0 Å². The molecule has 37 heavy (non-hydrogen) atoms. The minimum Gasteiger partial charge on any atom is -0.126 e. The monoisotopic (exact) mass is 599 g/mol. The first-order valence-electron chi connectivity index (χ1n) is 11.8. The third-order valence-corrected chi connectivity index (χ3v) is 7.26. The smallest absolute Gasteiger partial charge is 0.0771 e. The van der Waals surface area contributed by atoms with Crippen LogP contribution in [0, 0.1) is 6.08 Å².